The Kier molecular flexibility index (Phi) is 5.05. The molecule has 104 valence electrons. The number of ether oxygens (including phenoxy) is 1. The predicted octanol–water partition coefficient (Wildman–Crippen LogP) is 3.35. The first-order valence-corrected chi connectivity index (χ1v) is 6.42. The molecule has 19 heavy (non-hydrogen) atoms. The lowest BCUT2D eigenvalue weighted by Gasteiger charge is -2.22. The zero-order valence-electron chi connectivity index (χ0n) is 10.9. The van der Waals surface area contributed by atoms with Crippen molar-refractivity contribution < 1.29 is 18.7 Å². The summed E-state index contributed by atoms with van der Waals surface area (Å²) in [6, 6.07) is 2.97. The molecular formula is C13H15BrFNO3. The number of benzene rings is 1. The summed E-state index contributed by atoms with van der Waals surface area (Å²) in [6.07, 6.45) is -0.150. The van der Waals surface area contributed by atoms with Gasteiger partial charge in [0, 0.05) is 4.47 Å². The van der Waals surface area contributed by atoms with Crippen LogP contribution in [0.2, 0.25) is 0 Å². The molecule has 0 heterocycles. The molecule has 0 aliphatic rings. The second-order valence-corrected chi connectivity index (χ2v) is 5.78. The Morgan fingerprint density at radius 2 is 2.11 bits per heavy atom. The average Bonchev–Trinajstić information content (AvgIpc) is 2.24. The molecule has 0 aromatic heterocycles. The molecule has 6 heteroatoms. The number of rotatable bonds is 3. The number of hydrogen-bond acceptors (Lipinski definition) is 3. The van der Waals surface area contributed by atoms with E-state index in [-0.39, 0.29) is 0 Å². The van der Waals surface area contributed by atoms with Crippen LogP contribution in [0.15, 0.2) is 22.7 Å². The molecule has 0 saturated heterocycles. The Morgan fingerprint density at radius 1 is 1.47 bits per heavy atom. The summed E-state index contributed by atoms with van der Waals surface area (Å²) in [5.74, 6) is -0.433. The monoisotopic (exact) mass is 331 g/mol. The molecule has 1 N–H and O–H groups in total. The molecule has 4 nitrogen and oxygen atoms in total. The van der Waals surface area contributed by atoms with Gasteiger partial charge in [-0.3, -0.25) is 0 Å². The van der Waals surface area contributed by atoms with Crippen molar-refractivity contribution >= 4 is 28.3 Å². The van der Waals surface area contributed by atoms with Gasteiger partial charge in [-0.15, -0.1) is 0 Å². The summed E-state index contributed by atoms with van der Waals surface area (Å²) in [5.41, 5.74) is -0.195. The molecule has 0 radical (unpaired) electrons. The van der Waals surface area contributed by atoms with Crippen molar-refractivity contribution in [1.29, 1.82) is 0 Å². The SMILES string of the molecule is CC(C)(C)OC(=O)NC(C=O)c1ccc(F)cc1Br. The van der Waals surface area contributed by atoms with Gasteiger partial charge >= 0.3 is 6.09 Å². The lowest BCUT2D eigenvalue weighted by Crippen LogP contribution is -2.35. The molecule has 1 aromatic rings. The highest BCUT2D eigenvalue weighted by Crippen LogP contribution is 2.23. The minimum absolute atomic E-state index is 0.403. The first-order valence-electron chi connectivity index (χ1n) is 5.62. The highest BCUT2D eigenvalue weighted by Gasteiger charge is 2.21. The van der Waals surface area contributed by atoms with Crippen molar-refractivity contribution in [3.8, 4) is 0 Å². The van der Waals surface area contributed by atoms with Crippen LogP contribution in [0.3, 0.4) is 0 Å². The van der Waals surface area contributed by atoms with E-state index in [0.717, 1.165) is 0 Å². The van der Waals surface area contributed by atoms with Crippen LogP contribution in [-0.2, 0) is 9.53 Å². The number of carbonyl (C=O) groups is 2. The summed E-state index contributed by atoms with van der Waals surface area (Å²) in [6.45, 7) is 5.16. The fraction of sp³-hybridized carbons (Fsp3) is 0.385. The normalized spacial score (nSPS) is 12.7. The maximum atomic E-state index is 13.0. The molecule has 0 spiro atoms. The predicted molar refractivity (Wildman–Crippen MR) is 72.3 cm³/mol. The van der Waals surface area contributed by atoms with Crippen molar-refractivity contribution in [1.82, 2.24) is 5.32 Å². The van der Waals surface area contributed by atoms with E-state index < -0.39 is 23.6 Å². The molecule has 1 amide bonds. The van der Waals surface area contributed by atoms with E-state index in [0.29, 0.717) is 16.3 Å². The van der Waals surface area contributed by atoms with E-state index in [4.69, 9.17) is 4.74 Å². The second-order valence-electron chi connectivity index (χ2n) is 4.93. The third-order valence-electron chi connectivity index (χ3n) is 2.11. The summed E-state index contributed by atoms with van der Waals surface area (Å²) in [4.78, 5) is 22.7. The van der Waals surface area contributed by atoms with Gasteiger partial charge in [0.25, 0.3) is 0 Å². The van der Waals surface area contributed by atoms with Crippen molar-refractivity contribution in [2.24, 2.45) is 0 Å². The number of amides is 1. The number of aldehydes is 1. The molecule has 0 aliphatic heterocycles. The van der Waals surface area contributed by atoms with E-state index in [1.807, 2.05) is 0 Å². The van der Waals surface area contributed by atoms with Crippen LogP contribution in [0.25, 0.3) is 0 Å². The molecule has 1 unspecified atom stereocenters. The van der Waals surface area contributed by atoms with Crippen molar-refractivity contribution in [3.63, 3.8) is 0 Å². The molecule has 0 fully saturated rings. The van der Waals surface area contributed by atoms with Gasteiger partial charge in [-0.2, -0.15) is 0 Å². The number of hydrogen-bond donors (Lipinski definition) is 1. The van der Waals surface area contributed by atoms with Crippen LogP contribution in [0.5, 0.6) is 0 Å². The molecule has 0 saturated carbocycles. The molecular weight excluding hydrogens is 317 g/mol. The van der Waals surface area contributed by atoms with E-state index in [9.17, 15) is 14.0 Å². The van der Waals surface area contributed by atoms with Gasteiger partial charge in [0.2, 0.25) is 0 Å². The van der Waals surface area contributed by atoms with Crippen molar-refractivity contribution in [2.45, 2.75) is 32.4 Å². The Hall–Kier alpha value is -1.43. The van der Waals surface area contributed by atoms with Crippen LogP contribution in [-0.4, -0.2) is 18.0 Å². The number of carbonyl (C=O) groups excluding carboxylic acids is 2. The first kappa shape index (κ1) is 15.6. The third kappa shape index (κ3) is 4.98. The highest BCUT2D eigenvalue weighted by atomic mass is 79.9. The third-order valence-corrected chi connectivity index (χ3v) is 2.79. The minimum atomic E-state index is -0.898. The molecule has 0 aliphatic carbocycles. The molecule has 1 atom stereocenters. The Balaban J connectivity index is 2.84. The van der Waals surface area contributed by atoms with Crippen molar-refractivity contribution in [3.05, 3.63) is 34.1 Å². The van der Waals surface area contributed by atoms with E-state index in [1.54, 1.807) is 20.8 Å². The number of nitrogens with one attached hydrogen (secondary N) is 1. The fourth-order valence-electron chi connectivity index (χ4n) is 1.37. The average molecular weight is 332 g/mol. The minimum Gasteiger partial charge on any atom is -0.444 e. The molecule has 1 rings (SSSR count). The van der Waals surface area contributed by atoms with E-state index in [1.165, 1.54) is 18.2 Å². The van der Waals surface area contributed by atoms with Gasteiger partial charge in [0.1, 0.15) is 23.7 Å². The summed E-state index contributed by atoms with van der Waals surface area (Å²) in [5, 5.41) is 2.42. The number of halogens is 2. The van der Waals surface area contributed by atoms with Crippen LogP contribution < -0.4 is 5.32 Å². The highest BCUT2D eigenvalue weighted by molar-refractivity contribution is 9.10. The summed E-state index contributed by atoms with van der Waals surface area (Å²) >= 11 is 3.15. The largest absolute Gasteiger partial charge is 0.444 e. The maximum Gasteiger partial charge on any atom is 0.408 e. The Labute approximate surface area is 119 Å². The van der Waals surface area contributed by atoms with Gasteiger partial charge in [-0.1, -0.05) is 22.0 Å². The van der Waals surface area contributed by atoms with Gasteiger partial charge in [-0.25, -0.2) is 9.18 Å². The quantitative estimate of drug-likeness (QED) is 0.864. The fourth-order valence-corrected chi connectivity index (χ4v) is 1.97. The van der Waals surface area contributed by atoms with Gasteiger partial charge in [-0.05, 0) is 38.5 Å². The first-order chi connectivity index (χ1) is 8.73. The van der Waals surface area contributed by atoms with Crippen LogP contribution in [0.1, 0.15) is 32.4 Å². The Bertz CT molecular complexity index is 485. The summed E-state index contributed by atoms with van der Waals surface area (Å²) < 4.78 is 18.4. The lowest BCUT2D eigenvalue weighted by atomic mass is 10.1. The van der Waals surface area contributed by atoms with Crippen LogP contribution in [0.4, 0.5) is 9.18 Å². The summed E-state index contributed by atoms with van der Waals surface area (Å²) in [7, 11) is 0. The number of alkyl carbamates (subject to hydrolysis) is 1. The van der Waals surface area contributed by atoms with Crippen LogP contribution >= 0.6 is 15.9 Å². The zero-order chi connectivity index (χ0) is 14.6. The maximum absolute atomic E-state index is 13.0. The van der Waals surface area contributed by atoms with Crippen LogP contribution in [0, 0.1) is 5.82 Å². The van der Waals surface area contributed by atoms with Crippen molar-refractivity contribution in [2.75, 3.05) is 0 Å². The zero-order valence-corrected chi connectivity index (χ0v) is 12.5. The molecule has 1 aromatic carbocycles. The van der Waals surface area contributed by atoms with Gasteiger partial charge in [0.05, 0.1) is 0 Å². The van der Waals surface area contributed by atoms with Gasteiger partial charge in [0.15, 0.2) is 0 Å². The lowest BCUT2D eigenvalue weighted by molar-refractivity contribution is -0.109. The topological polar surface area (TPSA) is 55.4 Å². The molecule has 0 bridgehead atoms. The van der Waals surface area contributed by atoms with E-state index in [2.05, 4.69) is 21.2 Å². The second kappa shape index (κ2) is 6.14. The Morgan fingerprint density at radius 3 is 2.58 bits per heavy atom. The van der Waals surface area contributed by atoms with E-state index >= 15 is 0 Å². The standard InChI is InChI=1S/C13H15BrFNO3/c1-13(2,3)19-12(18)16-11(7-17)9-5-4-8(15)6-10(9)14/h4-7,11H,1-3H3,(H,16,18). The van der Waals surface area contributed by atoms with Gasteiger partial charge < -0.3 is 14.8 Å². The smallest absolute Gasteiger partial charge is 0.408 e.